The number of hydrogen-bond donors (Lipinski definition) is 2. The van der Waals surface area contributed by atoms with Crippen molar-refractivity contribution >= 4 is 33.2 Å². The van der Waals surface area contributed by atoms with Gasteiger partial charge >= 0.3 is 0 Å². The first-order chi connectivity index (χ1) is 11.3. The van der Waals surface area contributed by atoms with Crippen LogP contribution in [0.3, 0.4) is 0 Å². The maximum Gasteiger partial charge on any atom is 0.269 e. The second-order valence-electron chi connectivity index (χ2n) is 4.90. The van der Waals surface area contributed by atoms with E-state index in [9.17, 15) is 28.1 Å². The van der Waals surface area contributed by atoms with Gasteiger partial charge in [0.2, 0.25) is 0 Å². The third-order valence-electron chi connectivity index (χ3n) is 3.35. The van der Waals surface area contributed by atoms with Crippen LogP contribution in [0, 0.1) is 10.1 Å². The lowest BCUT2D eigenvalue weighted by molar-refractivity contribution is -0.384. The summed E-state index contributed by atoms with van der Waals surface area (Å²) in [5.74, 6) is -1.15. The molecule has 0 unspecified atom stereocenters. The van der Waals surface area contributed by atoms with Crippen LogP contribution in [0.15, 0.2) is 47.4 Å². The molecule has 122 valence electrons. The molecule has 3 rings (SSSR count). The van der Waals surface area contributed by atoms with Crippen molar-refractivity contribution in [2.75, 3.05) is 4.72 Å². The first-order valence-corrected chi connectivity index (χ1v) is 8.03. The minimum Gasteiger partial charge on any atom is -0.288 e. The van der Waals surface area contributed by atoms with Crippen molar-refractivity contribution in [3.63, 3.8) is 0 Å². The van der Waals surface area contributed by atoms with Gasteiger partial charge < -0.3 is 0 Å². The Labute approximate surface area is 135 Å². The van der Waals surface area contributed by atoms with Crippen LogP contribution in [0.1, 0.15) is 20.7 Å². The lowest BCUT2D eigenvalue weighted by Gasteiger charge is -2.08. The highest BCUT2D eigenvalue weighted by molar-refractivity contribution is 7.92. The molecule has 2 amide bonds. The molecule has 2 aromatic carbocycles. The Kier molecular flexibility index (Phi) is 3.53. The number of nitro groups is 1. The average molecular weight is 347 g/mol. The molecule has 0 spiro atoms. The molecule has 0 fully saturated rings. The number of nitrogens with zero attached hydrogens (tertiary/aromatic N) is 1. The molecule has 10 heteroatoms. The maximum atomic E-state index is 12.3. The summed E-state index contributed by atoms with van der Waals surface area (Å²) >= 11 is 0. The standard InChI is InChI=1S/C14H9N3O6S/c18-13-11-6-1-8(7-12(11)14(19)15-13)16-24(22,23)10-4-2-9(3-5-10)17(20)21/h1-7,16H,(H,15,18,19). The number of nitro benzene ring substituents is 1. The van der Waals surface area contributed by atoms with Crippen molar-refractivity contribution in [3.05, 3.63) is 63.7 Å². The van der Waals surface area contributed by atoms with Gasteiger partial charge in [0.1, 0.15) is 0 Å². The Hall–Kier alpha value is -3.27. The van der Waals surface area contributed by atoms with E-state index in [0.717, 1.165) is 24.3 Å². The van der Waals surface area contributed by atoms with Gasteiger partial charge in [-0.05, 0) is 30.3 Å². The highest BCUT2D eigenvalue weighted by atomic mass is 32.2. The van der Waals surface area contributed by atoms with Crippen molar-refractivity contribution in [2.24, 2.45) is 0 Å². The summed E-state index contributed by atoms with van der Waals surface area (Å²) in [6, 6.07) is 8.28. The predicted octanol–water partition coefficient (Wildman–Crippen LogP) is 1.28. The minimum atomic E-state index is -3.99. The molecule has 0 aliphatic carbocycles. The summed E-state index contributed by atoms with van der Waals surface area (Å²) in [7, 11) is -3.99. The quantitative estimate of drug-likeness (QED) is 0.486. The second kappa shape index (κ2) is 5.42. The monoisotopic (exact) mass is 347 g/mol. The zero-order valence-corrected chi connectivity index (χ0v) is 12.7. The molecule has 1 heterocycles. The molecule has 0 aromatic heterocycles. The van der Waals surface area contributed by atoms with E-state index in [4.69, 9.17) is 0 Å². The predicted molar refractivity (Wildman–Crippen MR) is 82.1 cm³/mol. The summed E-state index contributed by atoms with van der Waals surface area (Å²) in [6.07, 6.45) is 0. The van der Waals surface area contributed by atoms with Crippen LogP contribution in [0.2, 0.25) is 0 Å². The van der Waals surface area contributed by atoms with Crippen LogP contribution in [0.4, 0.5) is 11.4 Å². The number of carbonyl (C=O) groups excluding carboxylic acids is 2. The number of nitrogens with one attached hydrogen (secondary N) is 2. The van der Waals surface area contributed by atoms with Crippen LogP contribution >= 0.6 is 0 Å². The van der Waals surface area contributed by atoms with Gasteiger partial charge in [-0.1, -0.05) is 0 Å². The van der Waals surface area contributed by atoms with Crippen LogP contribution in [-0.4, -0.2) is 25.2 Å². The lowest BCUT2D eigenvalue weighted by atomic mass is 10.1. The molecular weight excluding hydrogens is 338 g/mol. The number of fused-ring (bicyclic) bond motifs is 1. The second-order valence-corrected chi connectivity index (χ2v) is 6.58. The Balaban J connectivity index is 1.90. The number of imide groups is 1. The Morgan fingerprint density at radius 1 is 0.958 bits per heavy atom. The fourth-order valence-electron chi connectivity index (χ4n) is 2.19. The zero-order valence-electron chi connectivity index (χ0n) is 11.8. The molecule has 2 aromatic rings. The molecule has 1 aliphatic heterocycles. The molecule has 9 nitrogen and oxygen atoms in total. The normalized spacial score (nSPS) is 13.3. The number of hydrogen-bond acceptors (Lipinski definition) is 6. The van der Waals surface area contributed by atoms with E-state index in [1.54, 1.807) is 0 Å². The van der Waals surface area contributed by atoms with E-state index in [1.165, 1.54) is 18.2 Å². The van der Waals surface area contributed by atoms with Crippen molar-refractivity contribution in [1.29, 1.82) is 0 Å². The van der Waals surface area contributed by atoms with Gasteiger partial charge in [0.05, 0.1) is 20.9 Å². The first kappa shape index (κ1) is 15.6. The lowest BCUT2D eigenvalue weighted by Crippen LogP contribution is -2.19. The molecule has 0 saturated heterocycles. The van der Waals surface area contributed by atoms with Gasteiger partial charge in [-0.2, -0.15) is 0 Å². The molecular formula is C14H9N3O6S. The summed E-state index contributed by atoms with van der Waals surface area (Å²) in [5.41, 5.74) is 0.0980. The van der Waals surface area contributed by atoms with Gasteiger partial charge in [-0.25, -0.2) is 8.42 Å². The highest BCUT2D eigenvalue weighted by Crippen LogP contribution is 2.23. The average Bonchev–Trinajstić information content (AvgIpc) is 2.81. The Bertz CT molecular complexity index is 982. The zero-order chi connectivity index (χ0) is 17.5. The van der Waals surface area contributed by atoms with E-state index in [-0.39, 0.29) is 27.4 Å². The van der Waals surface area contributed by atoms with Crippen molar-refractivity contribution in [3.8, 4) is 0 Å². The third kappa shape index (κ3) is 2.70. The maximum absolute atomic E-state index is 12.3. The number of sulfonamides is 1. The number of benzene rings is 2. The van der Waals surface area contributed by atoms with Gasteiger partial charge in [0, 0.05) is 17.8 Å². The topological polar surface area (TPSA) is 135 Å². The van der Waals surface area contributed by atoms with Crippen molar-refractivity contribution in [2.45, 2.75) is 4.90 Å². The fraction of sp³-hybridized carbons (Fsp3) is 0. The van der Waals surface area contributed by atoms with E-state index in [1.807, 2.05) is 0 Å². The summed E-state index contributed by atoms with van der Waals surface area (Å²) < 4.78 is 26.8. The number of carbonyl (C=O) groups is 2. The van der Waals surface area contributed by atoms with Gasteiger partial charge in [0.15, 0.2) is 0 Å². The minimum absolute atomic E-state index is 0.0731. The van der Waals surface area contributed by atoms with Crippen molar-refractivity contribution < 1.29 is 22.9 Å². The summed E-state index contributed by atoms with van der Waals surface area (Å²) in [6.45, 7) is 0. The summed E-state index contributed by atoms with van der Waals surface area (Å²) in [4.78, 5) is 32.8. The molecule has 0 bridgehead atoms. The number of non-ortho nitro benzene ring substituents is 1. The number of anilines is 1. The smallest absolute Gasteiger partial charge is 0.269 e. The van der Waals surface area contributed by atoms with E-state index >= 15 is 0 Å². The molecule has 2 N–H and O–H groups in total. The van der Waals surface area contributed by atoms with Gasteiger partial charge in [-0.15, -0.1) is 0 Å². The van der Waals surface area contributed by atoms with Gasteiger partial charge in [-0.3, -0.25) is 29.7 Å². The molecule has 0 atom stereocenters. The van der Waals surface area contributed by atoms with E-state index < -0.39 is 26.8 Å². The molecule has 0 saturated carbocycles. The van der Waals surface area contributed by atoms with Crippen LogP contribution in [0.5, 0.6) is 0 Å². The van der Waals surface area contributed by atoms with Crippen LogP contribution < -0.4 is 10.0 Å². The SMILES string of the molecule is O=C1NC(=O)c2cc(NS(=O)(=O)c3ccc([N+](=O)[O-])cc3)ccc21. The Morgan fingerprint density at radius 2 is 1.58 bits per heavy atom. The molecule has 0 radical (unpaired) electrons. The first-order valence-electron chi connectivity index (χ1n) is 6.55. The van der Waals surface area contributed by atoms with Crippen LogP contribution in [-0.2, 0) is 10.0 Å². The number of amides is 2. The highest BCUT2D eigenvalue weighted by Gasteiger charge is 2.27. The fourth-order valence-corrected chi connectivity index (χ4v) is 3.24. The Morgan fingerprint density at radius 3 is 2.21 bits per heavy atom. The van der Waals surface area contributed by atoms with Crippen molar-refractivity contribution in [1.82, 2.24) is 5.32 Å². The van der Waals surface area contributed by atoms with Gasteiger partial charge in [0.25, 0.3) is 27.5 Å². The number of rotatable bonds is 4. The molecule has 24 heavy (non-hydrogen) atoms. The van der Waals surface area contributed by atoms with E-state index in [2.05, 4.69) is 10.0 Å². The summed E-state index contributed by atoms with van der Waals surface area (Å²) in [5, 5.41) is 12.7. The van der Waals surface area contributed by atoms with Crippen LogP contribution in [0.25, 0.3) is 0 Å². The third-order valence-corrected chi connectivity index (χ3v) is 4.74. The molecule has 1 aliphatic rings. The largest absolute Gasteiger partial charge is 0.288 e. The van der Waals surface area contributed by atoms with E-state index in [0.29, 0.717) is 0 Å².